The summed E-state index contributed by atoms with van der Waals surface area (Å²) in [5.41, 5.74) is 18.7. The highest BCUT2D eigenvalue weighted by Gasteiger charge is 2.33. The minimum Gasteiger partial charge on any atom is -0.0622 e. The van der Waals surface area contributed by atoms with Crippen molar-refractivity contribution in [1.82, 2.24) is 0 Å². The fourth-order valence-corrected chi connectivity index (χ4v) is 7.74. The first-order chi connectivity index (χ1) is 21.4. The van der Waals surface area contributed by atoms with Crippen LogP contribution >= 0.6 is 0 Å². The van der Waals surface area contributed by atoms with Crippen molar-refractivity contribution in [3.63, 3.8) is 0 Å². The second-order valence-corrected chi connectivity index (χ2v) is 11.9. The van der Waals surface area contributed by atoms with Gasteiger partial charge in [0.25, 0.3) is 0 Å². The summed E-state index contributed by atoms with van der Waals surface area (Å²) in [6.07, 6.45) is 3.59. The Bertz CT molecular complexity index is 2170. The summed E-state index contributed by atoms with van der Waals surface area (Å²) in [6, 6.07) is 54.2. The second kappa shape index (κ2) is 9.68. The van der Waals surface area contributed by atoms with Crippen LogP contribution in [0.4, 0.5) is 0 Å². The molecule has 2 aliphatic carbocycles. The summed E-state index contributed by atoms with van der Waals surface area (Å²) in [5.74, 6) is 0. The van der Waals surface area contributed by atoms with E-state index in [0.717, 1.165) is 6.42 Å². The minimum absolute atomic E-state index is 1.16. The maximum absolute atomic E-state index is 2.50. The molecule has 0 amide bonds. The van der Waals surface area contributed by atoms with Crippen LogP contribution in [0.15, 0.2) is 146 Å². The van der Waals surface area contributed by atoms with Gasteiger partial charge in [-0.05, 0) is 108 Å². The standard InChI is InChI=1S/C43H30/c1-4-13-30(14-5-1)38-39(31-15-6-2-7-16-31)42-35-23-11-20-29-21-12-24-36(37(29)35)43(42)40(32-17-8-3-9-18-32)41(38)34-26-25-28-19-10-22-33(28)27-34/h1-9,11-18,20-21,23-27H,10,19,22H2. The first-order valence-corrected chi connectivity index (χ1v) is 15.4. The van der Waals surface area contributed by atoms with E-state index in [1.54, 1.807) is 0 Å². The Morgan fingerprint density at radius 3 is 1.33 bits per heavy atom. The van der Waals surface area contributed by atoms with Crippen LogP contribution in [0, 0.1) is 0 Å². The van der Waals surface area contributed by atoms with Crippen LogP contribution in [0.1, 0.15) is 17.5 Å². The molecule has 0 saturated carbocycles. The molecule has 0 fully saturated rings. The number of rotatable bonds is 4. The van der Waals surface area contributed by atoms with Crippen LogP contribution in [-0.4, -0.2) is 0 Å². The van der Waals surface area contributed by atoms with E-state index in [1.807, 2.05) is 0 Å². The van der Waals surface area contributed by atoms with Crippen LogP contribution in [0.5, 0.6) is 0 Å². The summed E-state index contributed by atoms with van der Waals surface area (Å²) in [4.78, 5) is 0. The van der Waals surface area contributed by atoms with Gasteiger partial charge in [-0.3, -0.25) is 0 Å². The molecule has 0 nitrogen and oxygen atoms in total. The van der Waals surface area contributed by atoms with Gasteiger partial charge in [-0.25, -0.2) is 0 Å². The molecular weight excluding hydrogens is 516 g/mol. The highest BCUT2D eigenvalue weighted by Crippen LogP contribution is 2.60. The fourth-order valence-electron chi connectivity index (χ4n) is 7.74. The van der Waals surface area contributed by atoms with Crippen LogP contribution in [0.25, 0.3) is 77.5 Å². The van der Waals surface area contributed by atoms with Gasteiger partial charge >= 0.3 is 0 Å². The number of hydrogen-bond donors (Lipinski definition) is 0. The molecule has 0 heterocycles. The zero-order valence-corrected chi connectivity index (χ0v) is 24.0. The average molecular weight is 547 g/mol. The van der Waals surface area contributed by atoms with E-state index in [0.29, 0.717) is 0 Å². The molecule has 0 radical (unpaired) electrons. The quantitative estimate of drug-likeness (QED) is 0.206. The third-order valence-electron chi connectivity index (χ3n) is 9.52. The van der Waals surface area contributed by atoms with Gasteiger partial charge in [0.2, 0.25) is 0 Å². The molecule has 0 bridgehead atoms. The van der Waals surface area contributed by atoms with E-state index < -0.39 is 0 Å². The van der Waals surface area contributed by atoms with Crippen LogP contribution < -0.4 is 0 Å². The highest BCUT2D eigenvalue weighted by atomic mass is 14.4. The fraction of sp³-hybridized carbons (Fsp3) is 0.0698. The maximum Gasteiger partial charge on any atom is -0.000719 e. The molecule has 43 heavy (non-hydrogen) atoms. The zero-order valence-electron chi connectivity index (χ0n) is 24.0. The van der Waals surface area contributed by atoms with Gasteiger partial charge in [0.1, 0.15) is 0 Å². The topological polar surface area (TPSA) is 0 Å². The molecule has 0 unspecified atom stereocenters. The highest BCUT2D eigenvalue weighted by molar-refractivity contribution is 6.25. The number of aryl methyl sites for hydroxylation is 2. The predicted octanol–water partition coefficient (Wildman–Crippen LogP) is 11.6. The van der Waals surface area contributed by atoms with Crippen molar-refractivity contribution in [1.29, 1.82) is 0 Å². The second-order valence-electron chi connectivity index (χ2n) is 11.9. The molecule has 0 atom stereocenters. The Morgan fingerprint density at radius 2 is 0.791 bits per heavy atom. The normalized spacial score (nSPS) is 12.8. The van der Waals surface area contributed by atoms with E-state index in [1.165, 1.54) is 102 Å². The van der Waals surface area contributed by atoms with E-state index in [4.69, 9.17) is 0 Å². The molecule has 0 N–H and O–H groups in total. The summed E-state index contributed by atoms with van der Waals surface area (Å²) in [5, 5.41) is 2.66. The summed E-state index contributed by atoms with van der Waals surface area (Å²) in [6.45, 7) is 0. The third kappa shape index (κ3) is 3.70. The molecule has 202 valence electrons. The first kappa shape index (κ1) is 24.4. The zero-order chi connectivity index (χ0) is 28.3. The van der Waals surface area contributed by atoms with Gasteiger partial charge in [-0.2, -0.15) is 0 Å². The number of fused-ring (bicyclic) bond motifs is 4. The van der Waals surface area contributed by atoms with Gasteiger partial charge in [0, 0.05) is 0 Å². The van der Waals surface area contributed by atoms with Crippen molar-refractivity contribution in [2.45, 2.75) is 19.3 Å². The molecule has 0 saturated heterocycles. The molecule has 7 aromatic rings. The molecule has 0 aromatic heterocycles. The van der Waals surface area contributed by atoms with Crippen molar-refractivity contribution in [3.8, 4) is 66.8 Å². The van der Waals surface area contributed by atoms with Crippen LogP contribution in [0.2, 0.25) is 0 Å². The molecule has 2 aliphatic rings. The van der Waals surface area contributed by atoms with Gasteiger partial charge in [0.15, 0.2) is 0 Å². The lowest BCUT2D eigenvalue weighted by molar-refractivity contribution is 0.912. The van der Waals surface area contributed by atoms with Crippen molar-refractivity contribution in [2.75, 3.05) is 0 Å². The third-order valence-corrected chi connectivity index (χ3v) is 9.52. The number of benzene rings is 7. The van der Waals surface area contributed by atoms with E-state index >= 15 is 0 Å². The Balaban J connectivity index is 1.56. The van der Waals surface area contributed by atoms with Crippen molar-refractivity contribution >= 4 is 10.8 Å². The van der Waals surface area contributed by atoms with E-state index in [2.05, 4.69) is 146 Å². The molecule has 0 heteroatoms. The van der Waals surface area contributed by atoms with Crippen molar-refractivity contribution in [2.24, 2.45) is 0 Å². The van der Waals surface area contributed by atoms with Crippen LogP contribution in [-0.2, 0) is 12.8 Å². The summed E-state index contributed by atoms with van der Waals surface area (Å²) >= 11 is 0. The smallest absolute Gasteiger partial charge is 0.000719 e. The molecule has 0 spiro atoms. The lowest BCUT2D eigenvalue weighted by Crippen LogP contribution is -2.00. The monoisotopic (exact) mass is 546 g/mol. The first-order valence-electron chi connectivity index (χ1n) is 15.4. The van der Waals surface area contributed by atoms with Gasteiger partial charge in [-0.15, -0.1) is 0 Å². The van der Waals surface area contributed by atoms with Gasteiger partial charge < -0.3 is 0 Å². The van der Waals surface area contributed by atoms with E-state index in [-0.39, 0.29) is 0 Å². The predicted molar refractivity (Wildman–Crippen MR) is 182 cm³/mol. The van der Waals surface area contributed by atoms with Crippen LogP contribution in [0.3, 0.4) is 0 Å². The maximum atomic E-state index is 2.50. The van der Waals surface area contributed by atoms with Crippen molar-refractivity contribution in [3.05, 3.63) is 157 Å². The summed E-state index contributed by atoms with van der Waals surface area (Å²) in [7, 11) is 0. The minimum atomic E-state index is 1.16. The Labute approximate surface area is 252 Å². The summed E-state index contributed by atoms with van der Waals surface area (Å²) < 4.78 is 0. The Morgan fingerprint density at radius 1 is 0.326 bits per heavy atom. The van der Waals surface area contributed by atoms with Crippen molar-refractivity contribution < 1.29 is 0 Å². The Kier molecular flexibility index (Phi) is 5.49. The Hall–Kier alpha value is -5.20. The molecule has 0 aliphatic heterocycles. The average Bonchev–Trinajstić information content (AvgIpc) is 3.69. The van der Waals surface area contributed by atoms with Gasteiger partial charge in [-0.1, -0.05) is 146 Å². The van der Waals surface area contributed by atoms with E-state index in [9.17, 15) is 0 Å². The van der Waals surface area contributed by atoms with Gasteiger partial charge in [0.05, 0.1) is 0 Å². The molecular formula is C43H30. The number of hydrogen-bond acceptors (Lipinski definition) is 0. The molecule has 9 rings (SSSR count). The molecule has 7 aromatic carbocycles. The lowest BCUT2D eigenvalue weighted by Gasteiger charge is -2.26. The lowest BCUT2D eigenvalue weighted by atomic mass is 9.76. The SMILES string of the molecule is c1ccc(-c2c(-c3ccc4c(c3)CCC4)c(-c3ccccc3)c3c(c2-c2ccccc2)-c2cccc4cccc-3c24)cc1. The largest absolute Gasteiger partial charge is 0.0622 e.